The number of nitrogens with one attached hydrogen (secondary N) is 3. The summed E-state index contributed by atoms with van der Waals surface area (Å²) in [5.41, 5.74) is 7.70. The molecule has 0 aliphatic carbocycles. The highest BCUT2D eigenvalue weighted by molar-refractivity contribution is 6.36. The molecule has 43 heavy (non-hydrogen) atoms. The Labute approximate surface area is 256 Å². The molecule has 11 heteroatoms. The van der Waals surface area contributed by atoms with E-state index in [0.29, 0.717) is 34.6 Å². The number of fused-ring (bicyclic) bond motifs is 2. The maximum Gasteiger partial charge on any atom is 0.291 e. The highest BCUT2D eigenvalue weighted by atomic mass is 35.5. The molecule has 2 aromatic heterocycles. The van der Waals surface area contributed by atoms with Gasteiger partial charge in [0.25, 0.3) is 11.8 Å². The minimum Gasteiger partial charge on any atom is -0.327 e. The summed E-state index contributed by atoms with van der Waals surface area (Å²) in [6.07, 6.45) is 2.79. The van der Waals surface area contributed by atoms with Crippen LogP contribution in [0.4, 0.5) is 11.4 Å². The average Bonchev–Trinajstić information content (AvgIpc) is 3.52. The Morgan fingerprint density at radius 3 is 2.23 bits per heavy atom. The smallest absolute Gasteiger partial charge is 0.291 e. The van der Waals surface area contributed by atoms with Crippen molar-refractivity contribution in [2.45, 2.75) is 46.2 Å². The number of amides is 2. The van der Waals surface area contributed by atoms with Crippen molar-refractivity contribution in [2.75, 3.05) is 30.3 Å². The van der Waals surface area contributed by atoms with E-state index in [1.807, 2.05) is 60.5 Å². The first-order chi connectivity index (χ1) is 20.8. The van der Waals surface area contributed by atoms with E-state index in [0.717, 1.165) is 84.9 Å². The normalized spacial score (nSPS) is 14.7. The van der Waals surface area contributed by atoms with Crippen molar-refractivity contribution < 1.29 is 9.59 Å². The quantitative estimate of drug-likeness (QED) is 0.284. The maximum atomic E-state index is 13.4. The summed E-state index contributed by atoms with van der Waals surface area (Å²) in [6, 6.07) is 11.3. The van der Waals surface area contributed by atoms with Gasteiger partial charge < -0.3 is 25.1 Å². The number of benzene rings is 2. The minimum absolute atomic E-state index is 0.264. The molecule has 10 nitrogen and oxygen atoms in total. The summed E-state index contributed by atoms with van der Waals surface area (Å²) in [4.78, 5) is 38.4. The van der Waals surface area contributed by atoms with Crippen LogP contribution < -0.4 is 16.0 Å². The lowest BCUT2D eigenvalue weighted by Gasteiger charge is -2.25. The van der Waals surface area contributed by atoms with Crippen molar-refractivity contribution in [3.63, 3.8) is 0 Å². The summed E-state index contributed by atoms with van der Waals surface area (Å²) in [7, 11) is 3.78. The highest BCUT2D eigenvalue weighted by Gasteiger charge is 2.26. The van der Waals surface area contributed by atoms with Gasteiger partial charge in [-0.1, -0.05) is 42.8 Å². The number of imidazole rings is 2. The monoisotopic (exact) mass is 600 g/mol. The first-order valence-corrected chi connectivity index (χ1v) is 15.2. The van der Waals surface area contributed by atoms with Gasteiger partial charge in [0, 0.05) is 75.8 Å². The Hall–Kier alpha value is -3.99. The summed E-state index contributed by atoms with van der Waals surface area (Å²) < 4.78 is 3.78. The zero-order valence-corrected chi connectivity index (χ0v) is 25.8. The van der Waals surface area contributed by atoms with Gasteiger partial charge in [-0.2, -0.15) is 0 Å². The van der Waals surface area contributed by atoms with Crippen molar-refractivity contribution >= 4 is 34.8 Å². The summed E-state index contributed by atoms with van der Waals surface area (Å²) in [6.45, 7) is 8.39. The summed E-state index contributed by atoms with van der Waals surface area (Å²) >= 11 is 6.92. The molecule has 6 rings (SSSR count). The lowest BCUT2D eigenvalue weighted by Crippen LogP contribution is -2.31. The van der Waals surface area contributed by atoms with Crippen LogP contribution in [0, 0.1) is 6.92 Å². The van der Waals surface area contributed by atoms with E-state index in [-0.39, 0.29) is 11.8 Å². The zero-order chi connectivity index (χ0) is 30.2. The van der Waals surface area contributed by atoms with Gasteiger partial charge in [0.2, 0.25) is 0 Å². The van der Waals surface area contributed by atoms with Crippen molar-refractivity contribution in [3.05, 3.63) is 81.4 Å². The van der Waals surface area contributed by atoms with Crippen molar-refractivity contribution in [2.24, 2.45) is 14.1 Å². The first-order valence-electron chi connectivity index (χ1n) is 14.8. The lowest BCUT2D eigenvalue weighted by atomic mass is 9.98. The van der Waals surface area contributed by atoms with Crippen LogP contribution in [0.1, 0.15) is 62.9 Å². The van der Waals surface area contributed by atoms with Gasteiger partial charge in [-0.05, 0) is 43.1 Å². The van der Waals surface area contributed by atoms with Gasteiger partial charge in [0.1, 0.15) is 0 Å². The van der Waals surface area contributed by atoms with Crippen LogP contribution in [0.3, 0.4) is 0 Å². The van der Waals surface area contributed by atoms with Crippen LogP contribution in [0.15, 0.2) is 36.4 Å². The number of nitrogens with zero attached hydrogens (tertiary/aromatic N) is 5. The van der Waals surface area contributed by atoms with E-state index in [9.17, 15) is 9.59 Å². The third kappa shape index (κ3) is 5.46. The van der Waals surface area contributed by atoms with Crippen molar-refractivity contribution in [1.29, 1.82) is 0 Å². The standard InChI is InChI=1S/C32H37ClN8O2/c1-5-15-41-16-13-27-25(18-41)36-30(40(27)4)32(43)38-23-11-7-9-21(28(23)33)20-8-6-10-22(19(20)2)37-31(42)29-35-24-17-34-14-12-26(24)39(29)3/h6-11,34H,5,12-18H2,1-4H3,(H,37,42)(H,38,43). The number of hydrogen-bond donors (Lipinski definition) is 3. The largest absolute Gasteiger partial charge is 0.327 e. The minimum atomic E-state index is -0.302. The molecule has 2 aliphatic heterocycles. The molecular formula is C32H37ClN8O2. The SMILES string of the molecule is CCCN1CCc2c(nc(C(=O)Nc3cccc(-c4cccc(NC(=O)c5nc6c(n5C)CCNC6)c4C)c3Cl)n2C)C1. The number of hydrogen-bond acceptors (Lipinski definition) is 6. The van der Waals surface area contributed by atoms with Gasteiger partial charge >= 0.3 is 0 Å². The van der Waals surface area contributed by atoms with E-state index in [1.165, 1.54) is 0 Å². The van der Waals surface area contributed by atoms with Crippen LogP contribution in [0.25, 0.3) is 11.1 Å². The third-order valence-corrected chi connectivity index (χ3v) is 8.93. The Kier molecular flexibility index (Phi) is 8.09. The Balaban J connectivity index is 1.23. The molecule has 0 saturated heterocycles. The third-order valence-electron chi connectivity index (χ3n) is 8.53. The Morgan fingerprint density at radius 2 is 1.53 bits per heavy atom. The molecule has 4 heterocycles. The zero-order valence-electron chi connectivity index (χ0n) is 25.1. The molecule has 0 spiro atoms. The fourth-order valence-corrected chi connectivity index (χ4v) is 6.48. The van der Waals surface area contributed by atoms with E-state index < -0.39 is 0 Å². The van der Waals surface area contributed by atoms with E-state index in [2.05, 4.69) is 32.8 Å². The number of rotatable bonds is 7. The van der Waals surface area contributed by atoms with Gasteiger partial charge in [0.05, 0.1) is 22.1 Å². The predicted molar refractivity (Wildman–Crippen MR) is 169 cm³/mol. The molecule has 224 valence electrons. The molecule has 0 bridgehead atoms. The number of anilines is 2. The number of carbonyl (C=O) groups is 2. The van der Waals surface area contributed by atoms with Gasteiger partial charge in [-0.3, -0.25) is 14.5 Å². The summed E-state index contributed by atoms with van der Waals surface area (Å²) in [5.74, 6) is 0.191. The number of halogens is 1. The van der Waals surface area contributed by atoms with Gasteiger partial charge in [0.15, 0.2) is 11.6 Å². The van der Waals surface area contributed by atoms with E-state index in [1.54, 1.807) is 6.07 Å². The second kappa shape index (κ2) is 11.9. The van der Waals surface area contributed by atoms with Crippen LogP contribution in [0.5, 0.6) is 0 Å². The topological polar surface area (TPSA) is 109 Å². The van der Waals surface area contributed by atoms with Crippen molar-refractivity contribution in [1.82, 2.24) is 29.3 Å². The fraction of sp³-hybridized carbons (Fsp3) is 0.375. The molecule has 2 aromatic carbocycles. The molecule has 2 amide bonds. The van der Waals surface area contributed by atoms with E-state index >= 15 is 0 Å². The van der Waals surface area contributed by atoms with Gasteiger partial charge in [-0.25, -0.2) is 9.97 Å². The molecule has 0 unspecified atom stereocenters. The second-order valence-electron chi connectivity index (χ2n) is 11.3. The van der Waals surface area contributed by atoms with E-state index in [4.69, 9.17) is 16.6 Å². The molecule has 0 radical (unpaired) electrons. The number of carbonyl (C=O) groups excluding carboxylic acids is 2. The molecular weight excluding hydrogens is 564 g/mol. The fourth-order valence-electron chi connectivity index (χ4n) is 6.21. The average molecular weight is 601 g/mol. The molecule has 3 N–H and O–H groups in total. The van der Waals surface area contributed by atoms with Crippen LogP contribution in [-0.4, -0.2) is 55.5 Å². The Morgan fingerprint density at radius 1 is 0.907 bits per heavy atom. The highest BCUT2D eigenvalue weighted by Crippen LogP contribution is 2.37. The number of aromatic nitrogens is 4. The summed E-state index contributed by atoms with van der Waals surface area (Å²) in [5, 5.41) is 9.75. The molecule has 2 aliphatic rings. The predicted octanol–water partition coefficient (Wildman–Crippen LogP) is 4.70. The lowest BCUT2D eigenvalue weighted by molar-refractivity contribution is 0.100. The van der Waals surface area contributed by atoms with Gasteiger partial charge in [-0.15, -0.1) is 0 Å². The van der Waals surface area contributed by atoms with Crippen LogP contribution in [0.2, 0.25) is 5.02 Å². The molecule has 4 aromatic rings. The van der Waals surface area contributed by atoms with Crippen LogP contribution >= 0.6 is 11.6 Å². The van der Waals surface area contributed by atoms with Crippen molar-refractivity contribution in [3.8, 4) is 11.1 Å². The molecule has 0 atom stereocenters. The first kappa shape index (κ1) is 29.1. The van der Waals surface area contributed by atoms with Crippen LogP contribution in [-0.2, 0) is 40.0 Å². The second-order valence-corrected chi connectivity index (χ2v) is 11.7. The maximum absolute atomic E-state index is 13.4. The molecule has 0 fully saturated rings. The Bertz CT molecular complexity index is 1720. The molecule has 0 saturated carbocycles.